The zero-order valence-corrected chi connectivity index (χ0v) is 12.8. The highest BCUT2D eigenvalue weighted by molar-refractivity contribution is 5.89. The third-order valence-corrected chi connectivity index (χ3v) is 4.63. The van der Waals surface area contributed by atoms with Gasteiger partial charge in [-0.3, -0.25) is 4.79 Å². The summed E-state index contributed by atoms with van der Waals surface area (Å²) in [5, 5.41) is 2.95. The Labute approximate surface area is 134 Å². The van der Waals surface area contributed by atoms with Crippen LogP contribution in [0.15, 0.2) is 48.5 Å². The molecule has 0 aliphatic heterocycles. The molecule has 1 fully saturated rings. The molecule has 1 N–H and O–H groups in total. The third-order valence-electron chi connectivity index (χ3n) is 4.63. The van der Waals surface area contributed by atoms with Gasteiger partial charge in [0.25, 0.3) is 0 Å². The minimum absolute atomic E-state index is 0.0215. The zero-order chi connectivity index (χ0) is 16.3. The maximum absolute atomic E-state index is 13.1. The van der Waals surface area contributed by atoms with Crippen molar-refractivity contribution >= 4 is 5.91 Å². The number of amides is 1. The molecular weight excluding hydrogens is 296 g/mol. The van der Waals surface area contributed by atoms with E-state index in [0.29, 0.717) is 13.0 Å². The van der Waals surface area contributed by atoms with Gasteiger partial charge in [-0.25, -0.2) is 8.78 Å². The normalized spacial score (nSPS) is 15.7. The van der Waals surface area contributed by atoms with Crippen LogP contribution in [0.1, 0.15) is 30.4 Å². The van der Waals surface area contributed by atoms with Gasteiger partial charge in [0.15, 0.2) is 0 Å². The molecule has 1 aliphatic rings. The number of nitrogens with one attached hydrogen (secondary N) is 1. The lowest BCUT2D eigenvalue weighted by Gasteiger charge is -2.40. The fraction of sp³-hybridized carbons (Fsp3) is 0.316. The van der Waals surface area contributed by atoms with Gasteiger partial charge in [0.1, 0.15) is 11.6 Å². The van der Waals surface area contributed by atoms with E-state index < -0.39 is 5.41 Å². The van der Waals surface area contributed by atoms with E-state index in [2.05, 4.69) is 5.32 Å². The Hall–Kier alpha value is -2.23. The van der Waals surface area contributed by atoms with Crippen LogP contribution in [-0.2, 0) is 16.6 Å². The molecule has 0 radical (unpaired) electrons. The highest BCUT2D eigenvalue weighted by atomic mass is 19.1. The van der Waals surface area contributed by atoms with Crippen LogP contribution in [0.3, 0.4) is 0 Å². The number of hydrogen-bond donors (Lipinski definition) is 1. The third kappa shape index (κ3) is 3.26. The summed E-state index contributed by atoms with van der Waals surface area (Å²) in [6.07, 6.45) is 3.15. The molecule has 0 unspecified atom stereocenters. The van der Waals surface area contributed by atoms with Crippen LogP contribution in [-0.4, -0.2) is 12.5 Å². The van der Waals surface area contributed by atoms with E-state index in [-0.39, 0.29) is 17.5 Å². The number of carbonyl (C=O) groups is 1. The summed E-state index contributed by atoms with van der Waals surface area (Å²) in [5.74, 6) is -0.586. The highest BCUT2D eigenvalue weighted by Gasteiger charge is 2.45. The van der Waals surface area contributed by atoms with Gasteiger partial charge < -0.3 is 5.32 Å². The van der Waals surface area contributed by atoms with E-state index >= 15 is 0 Å². The molecule has 2 nitrogen and oxygen atoms in total. The number of benzene rings is 2. The Morgan fingerprint density at radius 2 is 1.78 bits per heavy atom. The number of halogens is 2. The van der Waals surface area contributed by atoms with Crippen molar-refractivity contribution in [3.8, 4) is 0 Å². The summed E-state index contributed by atoms with van der Waals surface area (Å²) in [4.78, 5) is 12.6. The van der Waals surface area contributed by atoms with Crippen LogP contribution in [0.25, 0.3) is 0 Å². The second-order valence-electron chi connectivity index (χ2n) is 6.08. The number of carbonyl (C=O) groups excluding carboxylic acids is 1. The maximum Gasteiger partial charge on any atom is 0.230 e. The van der Waals surface area contributed by atoms with Gasteiger partial charge >= 0.3 is 0 Å². The fourth-order valence-electron chi connectivity index (χ4n) is 3.13. The molecule has 0 heterocycles. The van der Waals surface area contributed by atoms with Crippen LogP contribution in [0.5, 0.6) is 0 Å². The van der Waals surface area contributed by atoms with Crippen LogP contribution in [0.2, 0.25) is 0 Å². The minimum atomic E-state index is -0.532. The summed E-state index contributed by atoms with van der Waals surface area (Å²) < 4.78 is 26.2. The first-order valence-electron chi connectivity index (χ1n) is 7.89. The van der Waals surface area contributed by atoms with Crippen molar-refractivity contribution in [2.75, 3.05) is 6.54 Å². The molecule has 0 atom stereocenters. The predicted molar refractivity (Wildman–Crippen MR) is 85.0 cm³/mol. The molecule has 0 spiro atoms. The highest BCUT2D eigenvalue weighted by Crippen LogP contribution is 2.43. The molecule has 3 rings (SSSR count). The SMILES string of the molecule is O=C(NCCc1cccc(F)c1)C1(c2ccc(F)cc2)CCC1. The first kappa shape index (κ1) is 15.7. The van der Waals surface area contributed by atoms with E-state index in [1.54, 1.807) is 18.2 Å². The van der Waals surface area contributed by atoms with Crippen LogP contribution < -0.4 is 5.32 Å². The monoisotopic (exact) mass is 315 g/mol. The van der Waals surface area contributed by atoms with Crippen molar-refractivity contribution in [3.05, 3.63) is 71.3 Å². The molecular formula is C19H19F2NO. The lowest BCUT2D eigenvalue weighted by molar-refractivity contribution is -0.129. The van der Waals surface area contributed by atoms with E-state index in [9.17, 15) is 13.6 Å². The molecule has 0 aromatic heterocycles. The average molecular weight is 315 g/mol. The van der Waals surface area contributed by atoms with Crippen molar-refractivity contribution in [2.45, 2.75) is 31.1 Å². The molecule has 1 saturated carbocycles. The molecule has 2 aromatic rings. The predicted octanol–water partition coefficient (Wildman–Crippen LogP) is 3.75. The van der Waals surface area contributed by atoms with E-state index in [1.165, 1.54) is 24.3 Å². The number of hydrogen-bond acceptors (Lipinski definition) is 1. The quantitative estimate of drug-likeness (QED) is 0.894. The Morgan fingerprint density at radius 3 is 2.39 bits per heavy atom. The summed E-state index contributed by atoms with van der Waals surface area (Å²) in [6, 6.07) is 12.6. The van der Waals surface area contributed by atoms with Crippen molar-refractivity contribution in [3.63, 3.8) is 0 Å². The molecule has 0 saturated heterocycles. The lowest BCUT2D eigenvalue weighted by Crippen LogP contribution is -2.49. The lowest BCUT2D eigenvalue weighted by atomic mass is 9.64. The molecule has 1 amide bonds. The zero-order valence-electron chi connectivity index (χ0n) is 12.8. The Bertz CT molecular complexity index is 693. The fourth-order valence-corrected chi connectivity index (χ4v) is 3.13. The summed E-state index contributed by atoms with van der Waals surface area (Å²) >= 11 is 0. The van der Waals surface area contributed by atoms with Gasteiger partial charge in [-0.05, 0) is 54.7 Å². The largest absolute Gasteiger partial charge is 0.355 e. The molecule has 2 aromatic carbocycles. The topological polar surface area (TPSA) is 29.1 Å². The molecule has 1 aliphatic carbocycles. The maximum atomic E-state index is 13.1. The molecule has 0 bridgehead atoms. The van der Waals surface area contributed by atoms with Crippen LogP contribution >= 0.6 is 0 Å². The molecule has 4 heteroatoms. The summed E-state index contributed by atoms with van der Waals surface area (Å²) in [7, 11) is 0. The van der Waals surface area contributed by atoms with Gasteiger partial charge in [0.05, 0.1) is 5.41 Å². The van der Waals surface area contributed by atoms with Gasteiger partial charge in [-0.2, -0.15) is 0 Å². The van der Waals surface area contributed by atoms with Crippen molar-refractivity contribution in [2.24, 2.45) is 0 Å². The average Bonchev–Trinajstić information content (AvgIpc) is 2.48. The first-order valence-corrected chi connectivity index (χ1v) is 7.89. The van der Waals surface area contributed by atoms with Gasteiger partial charge in [-0.1, -0.05) is 30.7 Å². The van der Waals surface area contributed by atoms with E-state index in [4.69, 9.17) is 0 Å². The Balaban J connectivity index is 1.63. The minimum Gasteiger partial charge on any atom is -0.355 e. The molecule has 120 valence electrons. The van der Waals surface area contributed by atoms with Crippen molar-refractivity contribution in [1.82, 2.24) is 5.32 Å². The first-order chi connectivity index (χ1) is 11.1. The van der Waals surface area contributed by atoms with Crippen molar-refractivity contribution in [1.29, 1.82) is 0 Å². The second-order valence-corrected chi connectivity index (χ2v) is 6.08. The summed E-state index contributed by atoms with van der Waals surface area (Å²) in [6.45, 7) is 0.464. The second kappa shape index (κ2) is 6.49. The standard InChI is InChI=1S/C19H19F2NO/c20-16-7-5-15(6-8-16)19(10-2-11-19)18(23)22-12-9-14-3-1-4-17(21)13-14/h1,3-8,13H,2,9-12H2,(H,22,23). The van der Waals surface area contributed by atoms with Gasteiger partial charge in [0, 0.05) is 6.54 Å². The van der Waals surface area contributed by atoms with Gasteiger partial charge in [0.2, 0.25) is 5.91 Å². The molecule has 23 heavy (non-hydrogen) atoms. The van der Waals surface area contributed by atoms with Crippen molar-refractivity contribution < 1.29 is 13.6 Å². The van der Waals surface area contributed by atoms with Crippen LogP contribution in [0.4, 0.5) is 8.78 Å². The van der Waals surface area contributed by atoms with Gasteiger partial charge in [-0.15, -0.1) is 0 Å². The van der Waals surface area contributed by atoms with E-state index in [0.717, 1.165) is 30.4 Å². The van der Waals surface area contributed by atoms with E-state index in [1.807, 2.05) is 6.07 Å². The Morgan fingerprint density at radius 1 is 1.04 bits per heavy atom. The van der Waals surface area contributed by atoms with Crippen LogP contribution in [0, 0.1) is 11.6 Å². The summed E-state index contributed by atoms with van der Waals surface area (Å²) in [5.41, 5.74) is 1.19. The smallest absolute Gasteiger partial charge is 0.230 e. The Kier molecular flexibility index (Phi) is 4.42. The number of rotatable bonds is 5.